The van der Waals surface area contributed by atoms with E-state index in [1.54, 1.807) is 30.6 Å². The van der Waals surface area contributed by atoms with Gasteiger partial charge in [-0.1, -0.05) is 37.2 Å². The predicted molar refractivity (Wildman–Crippen MR) is 118 cm³/mol. The molecule has 0 bridgehead atoms. The number of benzene rings is 1. The summed E-state index contributed by atoms with van der Waals surface area (Å²) in [6, 6.07) is 10.7. The van der Waals surface area contributed by atoms with Gasteiger partial charge >= 0.3 is 6.18 Å². The topological polar surface area (TPSA) is 77.5 Å². The largest absolute Gasteiger partial charge is 0.416 e. The summed E-state index contributed by atoms with van der Waals surface area (Å²) in [6.45, 7) is 4.95. The SMILES string of the molecule is Cc1ccc(CC(=O)c2cc(C(C)(C)CC(=O)c3cnn4ccccc34)on2)cc1C(F)(F)F. The van der Waals surface area contributed by atoms with Crippen molar-refractivity contribution in [2.45, 2.75) is 45.2 Å². The first-order chi connectivity index (χ1) is 16.0. The monoisotopic (exact) mass is 469 g/mol. The quantitative estimate of drug-likeness (QED) is 0.328. The average molecular weight is 469 g/mol. The fourth-order valence-corrected chi connectivity index (χ4v) is 3.82. The maximum absolute atomic E-state index is 13.2. The van der Waals surface area contributed by atoms with Crippen LogP contribution in [-0.4, -0.2) is 26.3 Å². The third-order valence-corrected chi connectivity index (χ3v) is 5.76. The van der Waals surface area contributed by atoms with Crippen molar-refractivity contribution in [3.8, 4) is 0 Å². The standard InChI is InChI=1S/C25H22F3N3O3/c1-15-7-8-16(10-18(15)25(26,27)28)11-21(32)19-12-23(34-30-19)24(2,3)13-22(33)17-14-29-31-9-5-4-6-20(17)31/h4-10,12,14H,11,13H2,1-3H3. The van der Waals surface area contributed by atoms with Crippen molar-refractivity contribution in [2.75, 3.05) is 0 Å². The number of hydrogen-bond donors (Lipinski definition) is 0. The van der Waals surface area contributed by atoms with Gasteiger partial charge in [0.05, 0.1) is 22.8 Å². The van der Waals surface area contributed by atoms with E-state index in [-0.39, 0.29) is 35.4 Å². The minimum atomic E-state index is -4.50. The number of rotatable bonds is 7. The van der Waals surface area contributed by atoms with E-state index in [0.29, 0.717) is 16.8 Å². The zero-order valence-corrected chi connectivity index (χ0v) is 18.8. The number of ketones is 2. The number of carbonyl (C=O) groups is 2. The number of fused-ring (bicyclic) bond motifs is 1. The lowest BCUT2D eigenvalue weighted by atomic mass is 9.83. The van der Waals surface area contributed by atoms with Gasteiger partial charge in [0.15, 0.2) is 11.6 Å². The molecule has 9 heteroatoms. The summed E-state index contributed by atoms with van der Waals surface area (Å²) >= 11 is 0. The third kappa shape index (κ3) is 4.64. The molecule has 3 heterocycles. The molecule has 0 radical (unpaired) electrons. The van der Waals surface area contributed by atoms with Gasteiger partial charge < -0.3 is 4.52 Å². The van der Waals surface area contributed by atoms with Gasteiger partial charge in [-0.2, -0.15) is 18.3 Å². The van der Waals surface area contributed by atoms with Crippen LogP contribution in [0.4, 0.5) is 13.2 Å². The summed E-state index contributed by atoms with van der Waals surface area (Å²) in [4.78, 5) is 25.6. The molecule has 0 amide bonds. The van der Waals surface area contributed by atoms with E-state index in [2.05, 4.69) is 10.3 Å². The minimum absolute atomic E-state index is 0.000593. The van der Waals surface area contributed by atoms with E-state index in [4.69, 9.17) is 4.52 Å². The number of carbonyl (C=O) groups excluding carboxylic acids is 2. The van der Waals surface area contributed by atoms with Crippen molar-refractivity contribution in [3.05, 3.63) is 88.6 Å². The molecular formula is C25H22F3N3O3. The van der Waals surface area contributed by atoms with Crippen molar-refractivity contribution in [1.29, 1.82) is 0 Å². The fourth-order valence-electron chi connectivity index (χ4n) is 3.82. The molecule has 0 saturated carbocycles. The van der Waals surface area contributed by atoms with Crippen molar-refractivity contribution in [3.63, 3.8) is 0 Å². The van der Waals surface area contributed by atoms with Crippen LogP contribution in [0.15, 0.2) is 59.4 Å². The maximum Gasteiger partial charge on any atom is 0.416 e. The number of hydrogen-bond acceptors (Lipinski definition) is 5. The first kappa shape index (κ1) is 23.4. The molecule has 0 N–H and O–H groups in total. The number of Topliss-reactive ketones (excluding diaryl/α,β-unsaturated/α-hetero) is 2. The third-order valence-electron chi connectivity index (χ3n) is 5.76. The molecule has 0 atom stereocenters. The van der Waals surface area contributed by atoms with Crippen LogP contribution in [0.5, 0.6) is 0 Å². The van der Waals surface area contributed by atoms with Crippen molar-refractivity contribution >= 4 is 17.1 Å². The molecule has 34 heavy (non-hydrogen) atoms. The van der Waals surface area contributed by atoms with Crippen LogP contribution in [0.1, 0.15) is 63.6 Å². The molecule has 4 aromatic rings. The molecule has 1 aromatic carbocycles. The highest BCUT2D eigenvalue weighted by Crippen LogP contribution is 2.33. The Morgan fingerprint density at radius 1 is 1.06 bits per heavy atom. The van der Waals surface area contributed by atoms with Crippen LogP contribution in [-0.2, 0) is 18.0 Å². The molecular weight excluding hydrogens is 447 g/mol. The number of aryl methyl sites for hydroxylation is 1. The number of halogens is 3. The van der Waals surface area contributed by atoms with Gasteiger partial charge in [0.2, 0.25) is 0 Å². The number of nitrogens with zero attached hydrogens (tertiary/aromatic N) is 3. The summed E-state index contributed by atoms with van der Waals surface area (Å²) in [5.74, 6) is -0.285. The first-order valence-electron chi connectivity index (χ1n) is 10.6. The molecule has 3 aromatic heterocycles. The van der Waals surface area contributed by atoms with E-state index in [1.807, 2.05) is 12.1 Å². The summed E-state index contributed by atoms with van der Waals surface area (Å²) in [7, 11) is 0. The van der Waals surface area contributed by atoms with Crippen molar-refractivity contribution in [1.82, 2.24) is 14.8 Å². The Morgan fingerprint density at radius 3 is 2.56 bits per heavy atom. The highest BCUT2D eigenvalue weighted by molar-refractivity contribution is 6.02. The summed E-state index contributed by atoms with van der Waals surface area (Å²) in [5.41, 5.74) is -0.0667. The normalized spacial score (nSPS) is 12.3. The molecule has 4 rings (SSSR count). The Labute approximate surface area is 193 Å². The van der Waals surface area contributed by atoms with Gasteiger partial charge in [0.25, 0.3) is 0 Å². The van der Waals surface area contributed by atoms with Gasteiger partial charge in [-0.15, -0.1) is 0 Å². The van der Waals surface area contributed by atoms with Crippen molar-refractivity contribution in [2.24, 2.45) is 0 Å². The lowest BCUT2D eigenvalue weighted by Crippen LogP contribution is -2.21. The van der Waals surface area contributed by atoms with Crippen LogP contribution < -0.4 is 0 Å². The molecule has 0 aliphatic heterocycles. The molecule has 0 aliphatic carbocycles. The Morgan fingerprint density at radius 2 is 1.82 bits per heavy atom. The lowest BCUT2D eigenvalue weighted by Gasteiger charge is -2.19. The molecule has 0 unspecified atom stereocenters. The maximum atomic E-state index is 13.2. The van der Waals surface area contributed by atoms with Gasteiger partial charge in [0.1, 0.15) is 11.5 Å². The fraction of sp³-hybridized carbons (Fsp3) is 0.280. The second kappa shape index (κ2) is 8.55. The van der Waals surface area contributed by atoms with Crippen molar-refractivity contribution < 1.29 is 27.3 Å². The number of pyridine rings is 1. The average Bonchev–Trinajstić information content (AvgIpc) is 3.42. The van der Waals surface area contributed by atoms with Gasteiger partial charge in [0, 0.05) is 30.5 Å². The smallest absolute Gasteiger partial charge is 0.360 e. The van der Waals surface area contributed by atoms with Gasteiger partial charge in [-0.3, -0.25) is 9.59 Å². The molecule has 0 aliphatic rings. The first-order valence-corrected chi connectivity index (χ1v) is 10.6. The predicted octanol–water partition coefficient (Wildman–Crippen LogP) is 5.63. The minimum Gasteiger partial charge on any atom is -0.360 e. The molecule has 6 nitrogen and oxygen atoms in total. The van der Waals surface area contributed by atoms with E-state index in [0.717, 1.165) is 6.07 Å². The zero-order valence-electron chi connectivity index (χ0n) is 18.8. The number of alkyl halides is 3. The molecule has 176 valence electrons. The molecule has 0 spiro atoms. The Kier molecular flexibility index (Phi) is 5.89. The highest BCUT2D eigenvalue weighted by Gasteiger charge is 2.33. The summed E-state index contributed by atoms with van der Waals surface area (Å²) < 4.78 is 46.5. The Bertz CT molecular complexity index is 1380. The van der Waals surface area contributed by atoms with Crippen LogP contribution in [0, 0.1) is 6.92 Å². The van der Waals surface area contributed by atoms with E-state index in [1.165, 1.54) is 31.3 Å². The molecule has 0 fully saturated rings. The zero-order chi connectivity index (χ0) is 24.7. The van der Waals surface area contributed by atoms with Gasteiger partial charge in [-0.05, 0) is 36.2 Å². The summed E-state index contributed by atoms with van der Waals surface area (Å²) in [5, 5.41) is 7.99. The lowest BCUT2D eigenvalue weighted by molar-refractivity contribution is -0.138. The Balaban J connectivity index is 1.50. The van der Waals surface area contributed by atoms with E-state index in [9.17, 15) is 22.8 Å². The van der Waals surface area contributed by atoms with E-state index >= 15 is 0 Å². The van der Waals surface area contributed by atoms with Crippen LogP contribution in [0.2, 0.25) is 0 Å². The van der Waals surface area contributed by atoms with Gasteiger partial charge in [-0.25, -0.2) is 4.52 Å². The summed E-state index contributed by atoms with van der Waals surface area (Å²) in [6.07, 6.45) is -1.41. The highest BCUT2D eigenvalue weighted by atomic mass is 19.4. The molecule has 0 saturated heterocycles. The second-order valence-corrected chi connectivity index (χ2v) is 8.90. The van der Waals surface area contributed by atoms with Crippen LogP contribution in [0.3, 0.4) is 0 Å². The number of aromatic nitrogens is 3. The van der Waals surface area contributed by atoms with E-state index < -0.39 is 22.9 Å². The Hall–Kier alpha value is -3.75. The van der Waals surface area contributed by atoms with Crippen LogP contribution >= 0.6 is 0 Å². The second-order valence-electron chi connectivity index (χ2n) is 8.90. The van der Waals surface area contributed by atoms with Crippen LogP contribution in [0.25, 0.3) is 5.52 Å².